The first kappa shape index (κ1) is 18.3. The van der Waals surface area contributed by atoms with Crippen molar-refractivity contribution < 1.29 is 14.3 Å². The summed E-state index contributed by atoms with van der Waals surface area (Å²) in [6.45, 7) is 6.09. The third-order valence-electron chi connectivity index (χ3n) is 4.28. The van der Waals surface area contributed by atoms with Gasteiger partial charge in [0.2, 0.25) is 11.8 Å². The van der Waals surface area contributed by atoms with Gasteiger partial charge in [-0.2, -0.15) is 0 Å². The van der Waals surface area contributed by atoms with Gasteiger partial charge in [0.05, 0.1) is 13.0 Å². The van der Waals surface area contributed by atoms with Crippen LogP contribution in [-0.2, 0) is 16.0 Å². The molecule has 2 rings (SSSR count). The fourth-order valence-electron chi connectivity index (χ4n) is 2.98. The van der Waals surface area contributed by atoms with Crippen LogP contribution in [0, 0.1) is 0 Å². The van der Waals surface area contributed by atoms with Crippen molar-refractivity contribution in [2.75, 3.05) is 19.7 Å². The third-order valence-corrected chi connectivity index (χ3v) is 4.28. The summed E-state index contributed by atoms with van der Waals surface area (Å²) < 4.78 is 5.40. The van der Waals surface area contributed by atoms with Crippen LogP contribution in [0.5, 0.6) is 5.75 Å². The second kappa shape index (κ2) is 9.30. The molecule has 1 saturated heterocycles. The number of ether oxygens (including phenoxy) is 1. The van der Waals surface area contributed by atoms with Gasteiger partial charge in [0.25, 0.3) is 0 Å². The molecule has 1 aromatic rings. The number of piperidine rings is 1. The minimum Gasteiger partial charge on any atom is -0.494 e. The van der Waals surface area contributed by atoms with Gasteiger partial charge in [0.1, 0.15) is 5.75 Å². The van der Waals surface area contributed by atoms with Crippen LogP contribution in [0.25, 0.3) is 0 Å². The van der Waals surface area contributed by atoms with Crippen LogP contribution in [-0.4, -0.2) is 42.5 Å². The number of carbonyl (C=O) groups is 2. The molecule has 24 heavy (non-hydrogen) atoms. The Hall–Kier alpha value is -2.04. The minimum atomic E-state index is 0.0393. The van der Waals surface area contributed by atoms with Crippen molar-refractivity contribution in [2.45, 2.75) is 52.0 Å². The average Bonchev–Trinajstić information content (AvgIpc) is 2.58. The highest BCUT2D eigenvalue weighted by atomic mass is 16.5. The number of amides is 2. The maximum Gasteiger partial charge on any atom is 0.224 e. The van der Waals surface area contributed by atoms with Gasteiger partial charge in [-0.3, -0.25) is 9.59 Å². The summed E-state index contributed by atoms with van der Waals surface area (Å²) in [6, 6.07) is 7.81. The van der Waals surface area contributed by atoms with Crippen LogP contribution in [0.15, 0.2) is 24.3 Å². The molecule has 0 aliphatic carbocycles. The molecule has 1 aromatic carbocycles. The van der Waals surface area contributed by atoms with Crippen LogP contribution in [0.4, 0.5) is 0 Å². The van der Waals surface area contributed by atoms with Crippen LogP contribution in [0.3, 0.4) is 0 Å². The largest absolute Gasteiger partial charge is 0.494 e. The summed E-state index contributed by atoms with van der Waals surface area (Å²) >= 11 is 0. The number of nitrogens with one attached hydrogen (secondary N) is 1. The summed E-state index contributed by atoms with van der Waals surface area (Å²) in [4.78, 5) is 26.0. The van der Waals surface area contributed by atoms with Gasteiger partial charge in [0.15, 0.2) is 0 Å². The zero-order valence-electron chi connectivity index (χ0n) is 14.7. The average molecular weight is 332 g/mol. The zero-order valence-corrected chi connectivity index (χ0v) is 14.7. The number of nitrogens with zero attached hydrogens (tertiary/aromatic N) is 1. The van der Waals surface area contributed by atoms with Crippen molar-refractivity contribution in [1.82, 2.24) is 10.2 Å². The highest BCUT2D eigenvalue weighted by Gasteiger charge is 2.23. The van der Waals surface area contributed by atoms with E-state index in [4.69, 9.17) is 4.74 Å². The molecule has 5 nitrogen and oxygen atoms in total. The standard InChI is InChI=1S/C19H28N2O3/c1-3-5-19(23)21-12-10-16(11-13-21)20-18(22)14-15-6-8-17(9-7-15)24-4-2/h6-9,16H,3-5,10-14H2,1-2H3,(H,20,22). The predicted molar refractivity (Wildman–Crippen MR) is 94.0 cm³/mol. The summed E-state index contributed by atoms with van der Waals surface area (Å²) in [6.07, 6.45) is 3.56. The lowest BCUT2D eigenvalue weighted by molar-refractivity contribution is -0.132. The molecule has 0 saturated carbocycles. The fourth-order valence-corrected chi connectivity index (χ4v) is 2.98. The molecule has 1 heterocycles. The van der Waals surface area contributed by atoms with Crippen LogP contribution >= 0.6 is 0 Å². The number of likely N-dealkylation sites (tertiary alicyclic amines) is 1. The Labute approximate surface area is 144 Å². The number of hydrogen-bond acceptors (Lipinski definition) is 3. The first-order valence-electron chi connectivity index (χ1n) is 8.91. The first-order valence-corrected chi connectivity index (χ1v) is 8.91. The van der Waals surface area contributed by atoms with E-state index in [1.165, 1.54) is 0 Å². The zero-order chi connectivity index (χ0) is 17.4. The number of hydrogen-bond donors (Lipinski definition) is 1. The molecule has 0 bridgehead atoms. The van der Waals surface area contributed by atoms with E-state index in [-0.39, 0.29) is 17.9 Å². The van der Waals surface area contributed by atoms with Crippen molar-refractivity contribution >= 4 is 11.8 Å². The van der Waals surface area contributed by atoms with Crippen LogP contribution in [0.2, 0.25) is 0 Å². The summed E-state index contributed by atoms with van der Waals surface area (Å²) in [5, 5.41) is 3.09. The molecule has 1 fully saturated rings. The highest BCUT2D eigenvalue weighted by Crippen LogP contribution is 2.14. The maximum atomic E-state index is 12.2. The van der Waals surface area contributed by atoms with Gasteiger partial charge in [-0.15, -0.1) is 0 Å². The molecule has 0 unspecified atom stereocenters. The third kappa shape index (κ3) is 5.55. The normalized spacial score (nSPS) is 15.2. The first-order chi connectivity index (χ1) is 11.6. The van der Waals surface area contributed by atoms with Gasteiger partial charge >= 0.3 is 0 Å². The monoisotopic (exact) mass is 332 g/mol. The van der Waals surface area contributed by atoms with Crippen LogP contribution in [0.1, 0.15) is 45.1 Å². The molecule has 0 atom stereocenters. The Morgan fingerprint density at radius 2 is 1.83 bits per heavy atom. The summed E-state index contributed by atoms with van der Waals surface area (Å²) in [5.41, 5.74) is 0.978. The Balaban J connectivity index is 1.74. The van der Waals surface area contributed by atoms with Gasteiger partial charge in [0, 0.05) is 25.6 Å². The second-order valence-corrected chi connectivity index (χ2v) is 6.23. The number of carbonyl (C=O) groups excluding carboxylic acids is 2. The lowest BCUT2D eigenvalue weighted by Gasteiger charge is -2.32. The molecule has 0 aromatic heterocycles. The molecular formula is C19H28N2O3. The Morgan fingerprint density at radius 3 is 2.42 bits per heavy atom. The van der Waals surface area contributed by atoms with Crippen LogP contribution < -0.4 is 10.1 Å². The SMILES string of the molecule is CCCC(=O)N1CCC(NC(=O)Cc2ccc(OCC)cc2)CC1. The molecule has 1 aliphatic heterocycles. The fraction of sp³-hybridized carbons (Fsp3) is 0.579. The van der Waals surface area contributed by atoms with Crippen molar-refractivity contribution in [2.24, 2.45) is 0 Å². The number of benzene rings is 1. The van der Waals surface area contributed by atoms with Gasteiger partial charge in [-0.05, 0) is 43.9 Å². The topological polar surface area (TPSA) is 58.6 Å². The van der Waals surface area contributed by atoms with E-state index in [0.717, 1.165) is 43.7 Å². The molecule has 5 heteroatoms. The smallest absolute Gasteiger partial charge is 0.224 e. The molecule has 1 N–H and O–H groups in total. The lowest BCUT2D eigenvalue weighted by Crippen LogP contribution is -2.46. The Morgan fingerprint density at radius 1 is 1.17 bits per heavy atom. The predicted octanol–water partition coefficient (Wildman–Crippen LogP) is 2.54. The lowest BCUT2D eigenvalue weighted by atomic mass is 10.0. The number of rotatable bonds is 7. The molecule has 0 spiro atoms. The molecular weight excluding hydrogens is 304 g/mol. The van der Waals surface area contributed by atoms with Crippen molar-refractivity contribution in [1.29, 1.82) is 0 Å². The van der Waals surface area contributed by atoms with E-state index in [0.29, 0.717) is 19.4 Å². The second-order valence-electron chi connectivity index (χ2n) is 6.23. The molecule has 0 radical (unpaired) electrons. The Kier molecular flexibility index (Phi) is 7.09. The van der Waals surface area contributed by atoms with Gasteiger partial charge < -0.3 is 15.0 Å². The van der Waals surface area contributed by atoms with E-state index in [1.54, 1.807) is 0 Å². The molecule has 1 aliphatic rings. The van der Waals surface area contributed by atoms with Crippen molar-refractivity contribution in [3.05, 3.63) is 29.8 Å². The summed E-state index contributed by atoms with van der Waals surface area (Å²) in [5.74, 6) is 1.10. The van der Waals surface area contributed by atoms with Gasteiger partial charge in [-0.1, -0.05) is 19.1 Å². The van der Waals surface area contributed by atoms with E-state index in [9.17, 15) is 9.59 Å². The van der Waals surface area contributed by atoms with E-state index < -0.39 is 0 Å². The molecule has 2 amide bonds. The van der Waals surface area contributed by atoms with E-state index in [2.05, 4.69) is 5.32 Å². The molecule has 132 valence electrons. The van der Waals surface area contributed by atoms with Gasteiger partial charge in [-0.25, -0.2) is 0 Å². The van der Waals surface area contributed by atoms with E-state index >= 15 is 0 Å². The maximum absolute atomic E-state index is 12.2. The Bertz CT molecular complexity index is 534. The van der Waals surface area contributed by atoms with Crippen molar-refractivity contribution in [3.63, 3.8) is 0 Å². The quantitative estimate of drug-likeness (QED) is 0.835. The van der Waals surface area contributed by atoms with Crippen molar-refractivity contribution in [3.8, 4) is 5.75 Å². The minimum absolute atomic E-state index is 0.0393. The summed E-state index contributed by atoms with van der Waals surface area (Å²) in [7, 11) is 0. The highest BCUT2D eigenvalue weighted by molar-refractivity contribution is 5.79. The van der Waals surface area contributed by atoms with E-state index in [1.807, 2.05) is 43.0 Å².